The molecule has 2 N–H and O–H groups in total. The second kappa shape index (κ2) is 8.35. The van der Waals surface area contributed by atoms with Crippen molar-refractivity contribution in [1.29, 1.82) is 0 Å². The third-order valence-electron chi connectivity index (χ3n) is 4.27. The molecule has 1 aromatic heterocycles. The molecule has 0 bridgehead atoms. The molecule has 2 aromatic carbocycles. The summed E-state index contributed by atoms with van der Waals surface area (Å²) >= 11 is 3.30. The van der Waals surface area contributed by atoms with Crippen molar-refractivity contribution in [2.24, 2.45) is 0 Å². The topological polar surface area (TPSA) is 76.0 Å². The third kappa shape index (κ3) is 4.45. The molecule has 0 fully saturated rings. The fraction of sp³-hybridized carbons (Fsp3) is 0.150. The van der Waals surface area contributed by atoms with Gasteiger partial charge in [0, 0.05) is 21.3 Å². The Kier molecular flexibility index (Phi) is 5.89. The summed E-state index contributed by atoms with van der Waals surface area (Å²) in [5, 5.41) is 4.44. The molecule has 0 atom stereocenters. The van der Waals surface area contributed by atoms with Crippen LogP contribution >= 0.6 is 15.9 Å². The van der Waals surface area contributed by atoms with Crippen LogP contribution in [0.2, 0.25) is 0 Å². The quantitative estimate of drug-likeness (QED) is 0.605. The Balaban J connectivity index is 1.66. The Morgan fingerprint density at radius 1 is 1.04 bits per heavy atom. The van der Waals surface area contributed by atoms with Crippen LogP contribution in [0.25, 0.3) is 5.69 Å². The Hall–Kier alpha value is -3.00. The molecule has 0 unspecified atom stereocenters. The fourth-order valence-corrected chi connectivity index (χ4v) is 3.03. The first-order valence-corrected chi connectivity index (χ1v) is 9.30. The Bertz CT molecular complexity index is 1010. The molecule has 6 nitrogen and oxygen atoms in total. The monoisotopic (exact) mass is 444 g/mol. The lowest BCUT2D eigenvalue weighted by molar-refractivity contribution is -0.121. The van der Waals surface area contributed by atoms with Gasteiger partial charge in [0.25, 0.3) is 5.91 Å². The second-order valence-corrected chi connectivity index (χ2v) is 7.14. The molecule has 0 aliphatic carbocycles. The van der Waals surface area contributed by atoms with Gasteiger partial charge in [-0.15, -0.1) is 0 Å². The maximum atomic E-state index is 13.1. The van der Waals surface area contributed by atoms with Crippen molar-refractivity contribution < 1.29 is 14.0 Å². The number of amides is 2. The SMILES string of the molecule is Cc1nn(-c2ccc(F)cc2)c(C)c1CC(=O)NNC(=O)c1ccc(Br)cc1. The highest BCUT2D eigenvalue weighted by molar-refractivity contribution is 9.10. The Labute approximate surface area is 169 Å². The number of benzene rings is 2. The molecule has 0 spiro atoms. The van der Waals surface area contributed by atoms with E-state index in [0.717, 1.165) is 15.7 Å². The average Bonchev–Trinajstić information content (AvgIpc) is 2.95. The molecule has 0 saturated carbocycles. The van der Waals surface area contributed by atoms with Crippen molar-refractivity contribution in [3.05, 3.63) is 81.3 Å². The fourth-order valence-electron chi connectivity index (χ4n) is 2.77. The van der Waals surface area contributed by atoms with E-state index in [1.54, 1.807) is 48.0 Å². The van der Waals surface area contributed by atoms with Crippen LogP contribution in [0.1, 0.15) is 27.3 Å². The Morgan fingerprint density at radius 2 is 1.68 bits per heavy atom. The van der Waals surface area contributed by atoms with Crippen LogP contribution in [0, 0.1) is 19.7 Å². The number of carbonyl (C=O) groups is 2. The van der Waals surface area contributed by atoms with Gasteiger partial charge in [-0.3, -0.25) is 20.4 Å². The highest BCUT2D eigenvalue weighted by Gasteiger charge is 2.16. The van der Waals surface area contributed by atoms with Crippen molar-refractivity contribution in [2.75, 3.05) is 0 Å². The van der Waals surface area contributed by atoms with E-state index in [0.29, 0.717) is 16.9 Å². The van der Waals surface area contributed by atoms with Gasteiger partial charge in [-0.05, 0) is 62.4 Å². The lowest BCUT2D eigenvalue weighted by atomic mass is 10.1. The Morgan fingerprint density at radius 3 is 2.32 bits per heavy atom. The first-order chi connectivity index (χ1) is 13.3. The first kappa shape index (κ1) is 19.8. The van der Waals surface area contributed by atoms with Crippen molar-refractivity contribution in [1.82, 2.24) is 20.6 Å². The highest BCUT2D eigenvalue weighted by Crippen LogP contribution is 2.18. The van der Waals surface area contributed by atoms with Crippen molar-refractivity contribution in [3.8, 4) is 5.69 Å². The lowest BCUT2D eigenvalue weighted by Crippen LogP contribution is -2.42. The molecule has 144 valence electrons. The van der Waals surface area contributed by atoms with Crippen LogP contribution in [-0.4, -0.2) is 21.6 Å². The van der Waals surface area contributed by atoms with Gasteiger partial charge in [-0.1, -0.05) is 15.9 Å². The predicted octanol–water partition coefficient (Wildman–Crippen LogP) is 3.39. The van der Waals surface area contributed by atoms with Gasteiger partial charge < -0.3 is 0 Å². The number of halogens is 2. The molecule has 2 amide bonds. The van der Waals surface area contributed by atoms with Crippen LogP contribution in [0.15, 0.2) is 53.0 Å². The minimum atomic E-state index is -0.406. The average molecular weight is 445 g/mol. The zero-order valence-corrected chi connectivity index (χ0v) is 16.9. The summed E-state index contributed by atoms with van der Waals surface area (Å²) < 4.78 is 15.7. The number of carbonyl (C=O) groups excluding carboxylic acids is 2. The maximum Gasteiger partial charge on any atom is 0.269 e. The van der Waals surface area contributed by atoms with Crippen LogP contribution in [0.5, 0.6) is 0 Å². The molecule has 8 heteroatoms. The summed E-state index contributed by atoms with van der Waals surface area (Å²) in [4.78, 5) is 24.4. The maximum absolute atomic E-state index is 13.1. The van der Waals surface area contributed by atoms with Crippen molar-refractivity contribution >= 4 is 27.7 Å². The zero-order chi connectivity index (χ0) is 20.3. The van der Waals surface area contributed by atoms with Crippen LogP contribution in [-0.2, 0) is 11.2 Å². The molecule has 0 saturated heterocycles. The molecule has 28 heavy (non-hydrogen) atoms. The molecule has 3 aromatic rings. The molecule has 0 radical (unpaired) electrons. The lowest BCUT2D eigenvalue weighted by Gasteiger charge is -2.08. The van der Waals surface area contributed by atoms with Crippen LogP contribution in [0.3, 0.4) is 0 Å². The van der Waals surface area contributed by atoms with E-state index in [1.807, 2.05) is 6.92 Å². The summed E-state index contributed by atoms with van der Waals surface area (Å²) in [6, 6.07) is 12.7. The number of aryl methyl sites for hydroxylation is 1. The van der Waals surface area contributed by atoms with E-state index in [2.05, 4.69) is 31.9 Å². The van der Waals surface area contributed by atoms with Crippen LogP contribution < -0.4 is 10.9 Å². The summed E-state index contributed by atoms with van der Waals surface area (Å²) in [6.45, 7) is 3.64. The minimum absolute atomic E-state index is 0.0550. The number of nitrogens with zero attached hydrogens (tertiary/aromatic N) is 2. The van der Waals surface area contributed by atoms with E-state index in [9.17, 15) is 14.0 Å². The summed E-state index contributed by atoms with van der Waals surface area (Å²) in [7, 11) is 0. The standard InChI is InChI=1S/C20H18BrFN4O2/c1-12-18(13(2)26(25-12)17-9-7-16(22)8-10-17)11-19(27)23-24-20(28)14-3-5-15(21)6-4-14/h3-10H,11H2,1-2H3,(H,23,27)(H,24,28). The van der Waals surface area contributed by atoms with Gasteiger partial charge in [0.15, 0.2) is 0 Å². The number of nitrogens with one attached hydrogen (secondary N) is 2. The zero-order valence-electron chi connectivity index (χ0n) is 15.3. The minimum Gasteiger partial charge on any atom is -0.273 e. The van der Waals surface area contributed by atoms with E-state index < -0.39 is 5.91 Å². The summed E-state index contributed by atoms with van der Waals surface area (Å²) in [5.41, 5.74) is 8.17. The van der Waals surface area contributed by atoms with Crippen molar-refractivity contribution in [3.63, 3.8) is 0 Å². The van der Waals surface area contributed by atoms with E-state index in [-0.39, 0.29) is 18.1 Å². The molecule has 0 aliphatic rings. The van der Waals surface area contributed by atoms with E-state index >= 15 is 0 Å². The third-order valence-corrected chi connectivity index (χ3v) is 4.80. The number of hydrazine groups is 1. The number of aromatic nitrogens is 2. The molecular weight excluding hydrogens is 427 g/mol. The summed E-state index contributed by atoms with van der Waals surface area (Å²) in [5.74, 6) is -1.10. The van der Waals surface area contributed by atoms with Gasteiger partial charge in [-0.2, -0.15) is 5.10 Å². The molecule has 1 heterocycles. The van der Waals surface area contributed by atoms with E-state index in [4.69, 9.17) is 0 Å². The van der Waals surface area contributed by atoms with Gasteiger partial charge in [0.05, 0.1) is 17.8 Å². The smallest absolute Gasteiger partial charge is 0.269 e. The molecule has 0 aliphatic heterocycles. The second-order valence-electron chi connectivity index (χ2n) is 6.22. The number of hydrogen-bond acceptors (Lipinski definition) is 3. The van der Waals surface area contributed by atoms with Gasteiger partial charge >= 0.3 is 0 Å². The number of rotatable bonds is 4. The van der Waals surface area contributed by atoms with Gasteiger partial charge in [0.1, 0.15) is 5.82 Å². The van der Waals surface area contributed by atoms with Gasteiger partial charge in [-0.25, -0.2) is 9.07 Å². The molecule has 3 rings (SSSR count). The summed E-state index contributed by atoms with van der Waals surface area (Å²) in [6.07, 6.45) is 0.0550. The first-order valence-electron chi connectivity index (χ1n) is 8.51. The predicted molar refractivity (Wildman–Crippen MR) is 106 cm³/mol. The normalized spacial score (nSPS) is 10.6. The highest BCUT2D eigenvalue weighted by atomic mass is 79.9. The van der Waals surface area contributed by atoms with Crippen LogP contribution in [0.4, 0.5) is 4.39 Å². The van der Waals surface area contributed by atoms with Gasteiger partial charge in [0.2, 0.25) is 5.91 Å². The number of hydrogen-bond donors (Lipinski definition) is 2. The largest absolute Gasteiger partial charge is 0.273 e. The van der Waals surface area contributed by atoms with Crippen molar-refractivity contribution in [2.45, 2.75) is 20.3 Å². The van der Waals surface area contributed by atoms with E-state index in [1.165, 1.54) is 12.1 Å². The molecular formula is C20H18BrFN4O2.